The quantitative estimate of drug-likeness (QED) is 0.768. The van der Waals surface area contributed by atoms with Crippen molar-refractivity contribution in [3.8, 4) is 0 Å². The van der Waals surface area contributed by atoms with E-state index >= 15 is 0 Å². The molecule has 2 rings (SSSR count). The Kier molecular flexibility index (Phi) is 4.15. The van der Waals surface area contributed by atoms with Crippen molar-refractivity contribution in [2.75, 3.05) is 0 Å². The van der Waals surface area contributed by atoms with Gasteiger partial charge in [0.1, 0.15) is 0 Å². The largest absolute Gasteiger partial charge is 0.478 e. The van der Waals surface area contributed by atoms with E-state index in [4.69, 9.17) is 5.11 Å². The molecule has 1 aliphatic carbocycles. The van der Waals surface area contributed by atoms with E-state index in [1.165, 1.54) is 11.3 Å². The van der Waals surface area contributed by atoms with Gasteiger partial charge in [-0.1, -0.05) is 0 Å². The molecule has 1 fully saturated rings. The van der Waals surface area contributed by atoms with E-state index in [0.29, 0.717) is 18.2 Å². The highest BCUT2D eigenvalue weighted by Crippen LogP contribution is 2.20. The topological polar surface area (TPSA) is 69.6 Å². The van der Waals surface area contributed by atoms with Gasteiger partial charge in [-0.2, -0.15) is 0 Å². The summed E-state index contributed by atoms with van der Waals surface area (Å²) in [6, 6.07) is 2.06. The van der Waals surface area contributed by atoms with Crippen LogP contribution < -0.4 is 5.32 Å². The van der Waals surface area contributed by atoms with Gasteiger partial charge in [0.05, 0.1) is 11.7 Å². The van der Waals surface area contributed by atoms with Gasteiger partial charge in [-0.05, 0) is 31.7 Å². The van der Waals surface area contributed by atoms with E-state index in [1.54, 1.807) is 11.4 Å². The number of carboxylic acid groups (broad SMARTS) is 1. The van der Waals surface area contributed by atoms with Gasteiger partial charge >= 0.3 is 5.97 Å². The Morgan fingerprint density at radius 3 is 3.00 bits per heavy atom. The summed E-state index contributed by atoms with van der Waals surface area (Å²) in [6.45, 7) is 0.690. The van der Waals surface area contributed by atoms with Gasteiger partial charge in [-0.3, -0.25) is 0 Å². The van der Waals surface area contributed by atoms with Crippen LogP contribution in [0.1, 0.15) is 40.9 Å². The number of aliphatic hydroxyl groups is 1. The fraction of sp³-hybridized carbons (Fsp3) is 0.583. The highest BCUT2D eigenvalue weighted by molar-refractivity contribution is 7.10. The van der Waals surface area contributed by atoms with Crippen molar-refractivity contribution in [3.05, 3.63) is 21.9 Å². The zero-order chi connectivity index (χ0) is 12.3. The number of carboxylic acids is 1. The molecule has 0 aliphatic heterocycles. The lowest BCUT2D eigenvalue weighted by Crippen LogP contribution is -2.35. The molecule has 1 aromatic rings. The van der Waals surface area contributed by atoms with Crippen LogP contribution in [-0.4, -0.2) is 28.3 Å². The van der Waals surface area contributed by atoms with Gasteiger partial charge in [-0.15, -0.1) is 11.3 Å². The molecule has 17 heavy (non-hydrogen) atoms. The summed E-state index contributed by atoms with van der Waals surface area (Å²) in [5.41, 5.74) is 0.357. The zero-order valence-corrected chi connectivity index (χ0v) is 10.4. The molecular formula is C12H17NO3S. The number of thiophene rings is 1. The number of nitrogens with one attached hydrogen (secondary N) is 1. The van der Waals surface area contributed by atoms with Crippen molar-refractivity contribution < 1.29 is 15.0 Å². The zero-order valence-electron chi connectivity index (χ0n) is 9.56. The second-order valence-electron chi connectivity index (χ2n) is 4.51. The number of hydrogen-bond donors (Lipinski definition) is 3. The molecule has 0 spiro atoms. The first-order chi connectivity index (χ1) is 8.15. The number of carbonyl (C=O) groups is 1. The molecule has 3 N–H and O–H groups in total. The normalized spacial score (nSPS) is 24.8. The van der Waals surface area contributed by atoms with Gasteiger partial charge in [-0.25, -0.2) is 4.79 Å². The summed E-state index contributed by atoms with van der Waals surface area (Å²) in [4.78, 5) is 11.7. The lowest BCUT2D eigenvalue weighted by Gasteiger charge is -2.26. The maximum atomic E-state index is 10.7. The van der Waals surface area contributed by atoms with Crippen LogP contribution in [0.5, 0.6) is 0 Å². The Morgan fingerprint density at radius 2 is 2.35 bits per heavy atom. The number of rotatable bonds is 4. The minimum Gasteiger partial charge on any atom is -0.478 e. The van der Waals surface area contributed by atoms with Gasteiger partial charge in [0.2, 0.25) is 0 Å². The van der Waals surface area contributed by atoms with Gasteiger partial charge < -0.3 is 15.5 Å². The molecule has 1 aliphatic rings. The second-order valence-corrected chi connectivity index (χ2v) is 5.50. The monoisotopic (exact) mass is 255 g/mol. The smallest absolute Gasteiger partial charge is 0.336 e. The molecule has 5 heteroatoms. The van der Waals surface area contributed by atoms with Crippen molar-refractivity contribution in [2.45, 2.75) is 44.4 Å². The number of aliphatic hydroxyl groups excluding tert-OH is 1. The van der Waals surface area contributed by atoms with Crippen LogP contribution in [-0.2, 0) is 6.54 Å². The summed E-state index contributed by atoms with van der Waals surface area (Å²) in [5.74, 6) is -0.874. The van der Waals surface area contributed by atoms with Crippen molar-refractivity contribution >= 4 is 17.3 Å². The molecule has 2 unspecified atom stereocenters. The molecule has 2 atom stereocenters. The highest BCUT2D eigenvalue weighted by atomic mass is 32.1. The van der Waals surface area contributed by atoms with Crippen LogP contribution in [0, 0.1) is 0 Å². The van der Waals surface area contributed by atoms with Crippen LogP contribution in [0.15, 0.2) is 11.4 Å². The minimum atomic E-state index is -0.874. The average Bonchev–Trinajstić information content (AvgIpc) is 2.75. The maximum Gasteiger partial charge on any atom is 0.336 e. The third kappa shape index (κ3) is 3.52. The molecule has 0 bridgehead atoms. The van der Waals surface area contributed by atoms with E-state index < -0.39 is 5.97 Å². The summed E-state index contributed by atoms with van der Waals surface area (Å²) in [5, 5.41) is 23.4. The lowest BCUT2D eigenvalue weighted by atomic mass is 9.93. The fourth-order valence-corrected chi connectivity index (χ4v) is 2.99. The first kappa shape index (κ1) is 12.5. The van der Waals surface area contributed by atoms with E-state index in [-0.39, 0.29) is 6.10 Å². The SMILES string of the molecule is O=C(O)c1csc(CNC2CCCC(O)C2)c1. The molecule has 94 valence electrons. The first-order valence-corrected chi connectivity index (χ1v) is 6.75. The molecular weight excluding hydrogens is 238 g/mol. The Hall–Kier alpha value is -0.910. The Labute approximate surface area is 104 Å². The van der Waals surface area contributed by atoms with Crippen LogP contribution >= 0.6 is 11.3 Å². The van der Waals surface area contributed by atoms with E-state index in [1.807, 2.05) is 0 Å². The number of hydrogen-bond acceptors (Lipinski definition) is 4. The summed E-state index contributed by atoms with van der Waals surface area (Å²) >= 11 is 1.46. The van der Waals surface area contributed by atoms with Crippen molar-refractivity contribution in [2.24, 2.45) is 0 Å². The molecule has 0 amide bonds. The molecule has 0 aromatic carbocycles. The van der Waals surface area contributed by atoms with Crippen LogP contribution in [0.3, 0.4) is 0 Å². The molecule has 1 saturated carbocycles. The molecule has 1 aromatic heterocycles. The minimum absolute atomic E-state index is 0.181. The molecule has 0 saturated heterocycles. The van der Waals surface area contributed by atoms with Crippen LogP contribution in [0.2, 0.25) is 0 Å². The van der Waals surface area contributed by atoms with Crippen LogP contribution in [0.25, 0.3) is 0 Å². The molecule has 1 heterocycles. The Morgan fingerprint density at radius 1 is 1.53 bits per heavy atom. The van der Waals surface area contributed by atoms with Gasteiger partial charge in [0, 0.05) is 22.8 Å². The standard InChI is InChI=1S/C12H17NO3S/c14-10-3-1-2-9(5-10)13-6-11-4-8(7-17-11)12(15)16/h4,7,9-10,13-14H,1-3,5-6H2,(H,15,16). The predicted octanol–water partition coefficient (Wildman–Crippen LogP) is 1.84. The second kappa shape index (κ2) is 5.62. The van der Waals surface area contributed by atoms with Crippen molar-refractivity contribution in [1.29, 1.82) is 0 Å². The summed E-state index contributed by atoms with van der Waals surface area (Å²) in [6.07, 6.45) is 3.68. The lowest BCUT2D eigenvalue weighted by molar-refractivity contribution is 0.0697. The fourth-order valence-electron chi connectivity index (χ4n) is 2.18. The molecule has 4 nitrogen and oxygen atoms in total. The van der Waals surface area contributed by atoms with E-state index in [2.05, 4.69) is 5.32 Å². The van der Waals surface area contributed by atoms with Gasteiger partial charge in [0.25, 0.3) is 0 Å². The van der Waals surface area contributed by atoms with Crippen molar-refractivity contribution in [3.63, 3.8) is 0 Å². The van der Waals surface area contributed by atoms with E-state index in [9.17, 15) is 9.90 Å². The predicted molar refractivity (Wildman–Crippen MR) is 66.4 cm³/mol. The number of aromatic carboxylic acids is 1. The Bertz CT molecular complexity index is 391. The highest BCUT2D eigenvalue weighted by Gasteiger charge is 2.19. The Balaban J connectivity index is 1.82. The van der Waals surface area contributed by atoms with Crippen molar-refractivity contribution in [1.82, 2.24) is 5.32 Å². The van der Waals surface area contributed by atoms with Crippen LogP contribution in [0.4, 0.5) is 0 Å². The molecule has 0 radical (unpaired) electrons. The summed E-state index contributed by atoms with van der Waals surface area (Å²) < 4.78 is 0. The average molecular weight is 255 g/mol. The summed E-state index contributed by atoms with van der Waals surface area (Å²) in [7, 11) is 0. The third-order valence-corrected chi connectivity index (χ3v) is 4.05. The maximum absolute atomic E-state index is 10.7. The van der Waals surface area contributed by atoms with E-state index in [0.717, 1.165) is 30.6 Å². The third-order valence-electron chi connectivity index (χ3n) is 3.11. The first-order valence-electron chi connectivity index (χ1n) is 5.87. The van der Waals surface area contributed by atoms with Gasteiger partial charge in [0.15, 0.2) is 0 Å².